The van der Waals surface area contributed by atoms with Gasteiger partial charge in [0.1, 0.15) is 30.2 Å². The third kappa shape index (κ3) is 13.8. The van der Waals surface area contributed by atoms with Crippen LogP contribution in [0.5, 0.6) is 11.5 Å². The SMILES string of the molecule is COc1ccc(C(NCCCCC(NC(=O)OCC2c3ccccc3-c3ccccc32)C(=O)NC(CCCCNC(c2ccccc2)(c2ccccc2)c2ccc(OC)cc2)C(=O)Nc2ccc(CO)cc2)(c2ccccc2)c2ccccc2)cc1. The minimum absolute atomic E-state index is 0.0625. The van der Waals surface area contributed by atoms with Crippen LogP contribution in [0.1, 0.15) is 94.5 Å². The number of carbonyl (C=O) groups is 3. The number of amides is 3. The van der Waals surface area contributed by atoms with Gasteiger partial charge < -0.3 is 35.3 Å². The van der Waals surface area contributed by atoms with Crippen LogP contribution in [-0.4, -0.2) is 69.0 Å². The zero-order valence-electron chi connectivity index (χ0n) is 48.8. The van der Waals surface area contributed by atoms with Gasteiger partial charge in [-0.05, 0) is 149 Å². The Morgan fingerprint density at radius 1 is 0.442 bits per heavy atom. The number of nitrogens with one attached hydrogen (secondary N) is 5. The first kappa shape index (κ1) is 59.8. The summed E-state index contributed by atoms with van der Waals surface area (Å²) in [6.07, 6.45) is 2.14. The van der Waals surface area contributed by atoms with Crippen LogP contribution in [-0.2, 0) is 32.0 Å². The van der Waals surface area contributed by atoms with Crippen molar-refractivity contribution >= 4 is 23.6 Å². The Hall–Kier alpha value is -9.33. The molecule has 3 amide bonds. The third-order valence-electron chi connectivity index (χ3n) is 16.5. The number of alkyl carbamates (subject to hydrolysis) is 1. The highest BCUT2D eigenvalue weighted by Gasteiger charge is 2.38. The number of fused-ring (bicyclic) bond motifs is 3. The van der Waals surface area contributed by atoms with Gasteiger partial charge in [-0.2, -0.15) is 0 Å². The molecule has 12 nitrogen and oxygen atoms in total. The summed E-state index contributed by atoms with van der Waals surface area (Å²) < 4.78 is 17.2. The molecule has 2 atom stereocenters. The molecule has 2 unspecified atom stereocenters. The quantitative estimate of drug-likeness (QED) is 0.0207. The zero-order valence-corrected chi connectivity index (χ0v) is 48.8. The summed E-state index contributed by atoms with van der Waals surface area (Å²) in [6.45, 7) is 1.01. The highest BCUT2D eigenvalue weighted by molar-refractivity contribution is 5.98. The van der Waals surface area contributed by atoms with E-state index in [1.54, 1.807) is 38.5 Å². The highest BCUT2D eigenvalue weighted by atomic mass is 16.5. The predicted molar refractivity (Wildman–Crippen MR) is 340 cm³/mol. The molecule has 6 N–H and O–H groups in total. The number of anilines is 1. The molecule has 9 aromatic rings. The molecule has 0 bridgehead atoms. The highest BCUT2D eigenvalue weighted by Crippen LogP contribution is 2.45. The topological polar surface area (TPSA) is 159 Å². The zero-order chi connectivity index (χ0) is 59.6. The monoisotopic (exact) mass is 1150 g/mol. The molecule has 0 aromatic heterocycles. The number of hydrogen-bond donors (Lipinski definition) is 6. The lowest BCUT2D eigenvalue weighted by Gasteiger charge is -2.37. The van der Waals surface area contributed by atoms with Crippen molar-refractivity contribution < 1.29 is 33.7 Å². The molecule has 1 aliphatic carbocycles. The molecule has 438 valence electrons. The summed E-state index contributed by atoms with van der Waals surface area (Å²) in [5.41, 5.74) is 10.3. The summed E-state index contributed by atoms with van der Waals surface area (Å²) in [6, 6.07) is 78.8. The van der Waals surface area contributed by atoms with Crippen LogP contribution in [0, 0.1) is 0 Å². The Labute approximate surface area is 505 Å². The smallest absolute Gasteiger partial charge is 0.407 e. The van der Waals surface area contributed by atoms with E-state index < -0.39 is 41.1 Å². The van der Waals surface area contributed by atoms with Crippen molar-refractivity contribution in [1.29, 1.82) is 0 Å². The average molecular weight is 1150 g/mol. The number of aliphatic hydroxyl groups is 1. The second kappa shape index (κ2) is 29.0. The first-order valence-corrected chi connectivity index (χ1v) is 29.7. The maximum atomic E-state index is 15.0. The normalized spacial score (nSPS) is 12.7. The number of aliphatic hydroxyl groups excluding tert-OH is 1. The largest absolute Gasteiger partial charge is 0.497 e. The van der Waals surface area contributed by atoms with Gasteiger partial charge in [-0.1, -0.05) is 206 Å². The van der Waals surface area contributed by atoms with Crippen LogP contribution in [0.4, 0.5) is 10.5 Å². The van der Waals surface area contributed by atoms with E-state index >= 15 is 4.79 Å². The number of carbonyl (C=O) groups excluding carboxylic acids is 3. The van der Waals surface area contributed by atoms with Crippen LogP contribution in [0.2, 0.25) is 0 Å². The van der Waals surface area contributed by atoms with Crippen molar-refractivity contribution in [3.8, 4) is 22.6 Å². The van der Waals surface area contributed by atoms with Crippen LogP contribution in [0.15, 0.2) is 243 Å². The van der Waals surface area contributed by atoms with E-state index in [1.165, 1.54) is 0 Å². The van der Waals surface area contributed by atoms with E-state index in [1.807, 2.05) is 121 Å². The Kier molecular flexibility index (Phi) is 20.2. The van der Waals surface area contributed by atoms with E-state index in [9.17, 15) is 14.7 Å². The van der Waals surface area contributed by atoms with Crippen LogP contribution < -0.4 is 36.1 Å². The first-order valence-electron chi connectivity index (χ1n) is 29.7. The lowest BCUT2D eigenvalue weighted by atomic mass is 9.77. The molecular weight excluding hydrogens is 1070 g/mol. The Bertz CT molecular complexity index is 3480. The number of benzene rings is 9. The summed E-state index contributed by atoms with van der Waals surface area (Å²) in [4.78, 5) is 43.8. The Morgan fingerprint density at radius 3 is 1.23 bits per heavy atom. The minimum Gasteiger partial charge on any atom is -0.497 e. The van der Waals surface area contributed by atoms with Gasteiger partial charge in [0, 0.05) is 11.6 Å². The fraction of sp³-hybridized carbons (Fsp3) is 0.230. The summed E-state index contributed by atoms with van der Waals surface area (Å²) in [5.74, 6) is 0.391. The maximum absolute atomic E-state index is 15.0. The Morgan fingerprint density at radius 2 is 0.826 bits per heavy atom. The number of ether oxygens (including phenoxy) is 3. The van der Waals surface area contributed by atoms with Gasteiger partial charge in [-0.25, -0.2) is 4.79 Å². The summed E-state index contributed by atoms with van der Waals surface area (Å²) in [5, 5.41) is 26.8. The van der Waals surface area contributed by atoms with Gasteiger partial charge >= 0.3 is 6.09 Å². The number of rotatable bonds is 28. The van der Waals surface area contributed by atoms with Gasteiger partial charge in [-0.15, -0.1) is 0 Å². The Balaban J connectivity index is 0.891. The molecule has 10 rings (SSSR count). The van der Waals surface area contributed by atoms with Crippen LogP contribution in [0.25, 0.3) is 11.1 Å². The first-order chi connectivity index (χ1) is 42.2. The van der Waals surface area contributed by atoms with Gasteiger partial charge in [0.15, 0.2) is 0 Å². The van der Waals surface area contributed by atoms with Gasteiger partial charge in [0.25, 0.3) is 0 Å². The van der Waals surface area contributed by atoms with E-state index in [4.69, 9.17) is 14.2 Å². The lowest BCUT2D eigenvalue weighted by Crippen LogP contribution is -2.53. The minimum atomic E-state index is -1.07. The van der Waals surface area contributed by atoms with Crippen LogP contribution >= 0.6 is 0 Å². The van der Waals surface area contributed by atoms with Crippen molar-refractivity contribution in [3.63, 3.8) is 0 Å². The van der Waals surface area contributed by atoms with Crippen molar-refractivity contribution in [3.05, 3.63) is 293 Å². The summed E-state index contributed by atoms with van der Waals surface area (Å²) >= 11 is 0. The van der Waals surface area contributed by atoms with Gasteiger partial charge in [-0.3, -0.25) is 20.2 Å². The van der Waals surface area contributed by atoms with E-state index in [2.05, 4.69) is 124 Å². The average Bonchev–Trinajstić information content (AvgIpc) is 2.61. The molecule has 0 spiro atoms. The van der Waals surface area contributed by atoms with Gasteiger partial charge in [0.05, 0.1) is 31.9 Å². The molecule has 0 heterocycles. The molecular formula is C74H75N5O7. The molecule has 0 aliphatic heterocycles. The molecule has 9 aromatic carbocycles. The molecule has 1 aliphatic rings. The predicted octanol–water partition coefficient (Wildman–Crippen LogP) is 13.0. The van der Waals surface area contributed by atoms with E-state index in [-0.39, 0.29) is 32.0 Å². The second-order valence-corrected chi connectivity index (χ2v) is 21.7. The molecule has 0 radical (unpaired) electrons. The molecule has 0 fully saturated rings. The second-order valence-electron chi connectivity index (χ2n) is 21.7. The standard InChI is InChI=1S/C74H75N5O7/c1-84-61-45-39-58(40-46-61)73(54-23-7-3-8-24-54,55-25-9-4-10-26-55)75-49-21-19-35-68(70(81)77-60-43-37-53(51-80)38-44-60)78-71(82)69(79-72(83)86-52-67-65-33-17-15-31-63(65)64-32-16-18-34-66(64)67)36-20-22-50-76-74(56-27-11-5-12-28-56,57-29-13-6-14-30-57)59-41-47-62(85-2)48-42-59/h3-18,23-34,37-48,67-69,75-76,80H,19-22,35-36,49-52H2,1-2H3,(H,77,81)(H,78,82)(H,79,83). The van der Waals surface area contributed by atoms with Crippen molar-refractivity contribution in [2.75, 3.05) is 39.2 Å². The molecule has 0 saturated carbocycles. The van der Waals surface area contributed by atoms with Gasteiger partial charge in [0.2, 0.25) is 11.8 Å². The number of unbranched alkanes of at least 4 members (excludes halogenated alkanes) is 2. The number of methoxy groups -OCH3 is 2. The van der Waals surface area contributed by atoms with Crippen molar-refractivity contribution in [1.82, 2.24) is 21.3 Å². The molecule has 0 saturated heterocycles. The summed E-state index contributed by atoms with van der Waals surface area (Å²) in [7, 11) is 3.32. The van der Waals surface area contributed by atoms with Crippen molar-refractivity contribution in [2.24, 2.45) is 0 Å². The van der Waals surface area contributed by atoms with Crippen molar-refractivity contribution in [2.45, 2.75) is 74.2 Å². The lowest BCUT2D eigenvalue weighted by molar-refractivity contribution is -0.128. The van der Waals surface area contributed by atoms with Crippen LogP contribution in [0.3, 0.4) is 0 Å². The molecule has 12 heteroatoms. The van der Waals surface area contributed by atoms with E-state index in [0.29, 0.717) is 50.0 Å². The number of hydrogen-bond acceptors (Lipinski definition) is 9. The third-order valence-corrected chi connectivity index (χ3v) is 16.5. The fourth-order valence-electron chi connectivity index (χ4n) is 12.1. The molecule has 86 heavy (non-hydrogen) atoms. The van der Waals surface area contributed by atoms with E-state index in [0.717, 1.165) is 67.1 Å². The fourth-order valence-corrected chi connectivity index (χ4v) is 12.1. The maximum Gasteiger partial charge on any atom is 0.407 e.